The van der Waals surface area contributed by atoms with Crippen LogP contribution in [0.4, 0.5) is 13.2 Å². The maximum atomic E-state index is 12.2. The first-order valence-electron chi connectivity index (χ1n) is 6.24. The lowest BCUT2D eigenvalue weighted by atomic mass is 9.76. The summed E-state index contributed by atoms with van der Waals surface area (Å²) in [4.78, 5) is 23.6. The molecule has 0 aliphatic heterocycles. The summed E-state index contributed by atoms with van der Waals surface area (Å²) < 4.78 is 36.5. The third-order valence-electron chi connectivity index (χ3n) is 3.27. The zero-order chi connectivity index (χ0) is 14.7. The number of carbonyl (C=O) groups is 2. The van der Waals surface area contributed by atoms with Crippen LogP contribution in [0.3, 0.4) is 0 Å². The summed E-state index contributed by atoms with van der Waals surface area (Å²) in [5.41, 5.74) is -0.930. The highest BCUT2D eigenvalue weighted by Gasteiger charge is 2.42. The molecule has 0 atom stereocenters. The van der Waals surface area contributed by atoms with E-state index in [0.717, 1.165) is 6.42 Å². The molecule has 0 bridgehead atoms. The van der Waals surface area contributed by atoms with E-state index < -0.39 is 24.0 Å². The number of carbonyl (C=O) groups excluding carboxylic acids is 2. The SMILES string of the molecule is C=C(C)C(=O)C1(NC(=O)CC(F)(F)F)CCCCC1. The minimum Gasteiger partial charge on any atom is -0.343 e. The van der Waals surface area contributed by atoms with Crippen LogP contribution in [-0.4, -0.2) is 23.4 Å². The average molecular weight is 277 g/mol. The zero-order valence-electron chi connectivity index (χ0n) is 10.9. The van der Waals surface area contributed by atoms with Crippen molar-refractivity contribution in [1.82, 2.24) is 5.32 Å². The largest absolute Gasteiger partial charge is 0.397 e. The molecule has 1 saturated carbocycles. The number of alkyl halides is 3. The minimum atomic E-state index is -4.56. The fourth-order valence-corrected chi connectivity index (χ4v) is 2.47. The summed E-state index contributed by atoms with van der Waals surface area (Å²) in [6.45, 7) is 5.04. The maximum Gasteiger partial charge on any atom is 0.397 e. The van der Waals surface area contributed by atoms with Gasteiger partial charge in [0.05, 0.1) is 0 Å². The van der Waals surface area contributed by atoms with E-state index in [4.69, 9.17) is 0 Å². The summed E-state index contributed by atoms with van der Waals surface area (Å²) in [6, 6.07) is 0. The van der Waals surface area contributed by atoms with Gasteiger partial charge in [-0.1, -0.05) is 25.8 Å². The number of amides is 1. The van der Waals surface area contributed by atoms with E-state index in [2.05, 4.69) is 11.9 Å². The Morgan fingerprint density at radius 2 is 1.74 bits per heavy atom. The normalized spacial score (nSPS) is 18.7. The molecule has 0 aromatic heterocycles. The molecular weight excluding hydrogens is 259 g/mol. The Morgan fingerprint density at radius 3 is 2.16 bits per heavy atom. The van der Waals surface area contributed by atoms with Gasteiger partial charge in [-0.3, -0.25) is 9.59 Å². The first-order chi connectivity index (χ1) is 8.66. The van der Waals surface area contributed by atoms with Crippen molar-refractivity contribution in [2.45, 2.75) is 57.2 Å². The zero-order valence-corrected chi connectivity index (χ0v) is 10.9. The van der Waals surface area contributed by atoms with Crippen molar-refractivity contribution in [1.29, 1.82) is 0 Å². The molecule has 6 heteroatoms. The van der Waals surface area contributed by atoms with Crippen molar-refractivity contribution in [3.63, 3.8) is 0 Å². The molecule has 0 radical (unpaired) electrons. The molecule has 1 fully saturated rings. The van der Waals surface area contributed by atoms with Crippen LogP contribution >= 0.6 is 0 Å². The van der Waals surface area contributed by atoms with Crippen molar-refractivity contribution in [2.75, 3.05) is 0 Å². The summed E-state index contributed by atoms with van der Waals surface area (Å²) in [5.74, 6) is -1.51. The molecule has 0 aromatic carbocycles. The Hall–Kier alpha value is -1.33. The van der Waals surface area contributed by atoms with E-state index in [1.165, 1.54) is 6.92 Å². The van der Waals surface area contributed by atoms with Gasteiger partial charge in [0.15, 0.2) is 5.78 Å². The second kappa shape index (κ2) is 5.75. The van der Waals surface area contributed by atoms with E-state index >= 15 is 0 Å². The van der Waals surface area contributed by atoms with Gasteiger partial charge in [0, 0.05) is 0 Å². The van der Waals surface area contributed by atoms with Gasteiger partial charge in [-0.25, -0.2) is 0 Å². The summed E-state index contributed by atoms with van der Waals surface area (Å²) in [7, 11) is 0. The van der Waals surface area contributed by atoms with E-state index in [1.807, 2.05) is 0 Å². The van der Waals surface area contributed by atoms with E-state index in [9.17, 15) is 22.8 Å². The highest BCUT2D eigenvalue weighted by Crippen LogP contribution is 2.31. The van der Waals surface area contributed by atoms with Crippen molar-refractivity contribution in [2.24, 2.45) is 0 Å². The monoisotopic (exact) mass is 277 g/mol. The Morgan fingerprint density at radius 1 is 1.21 bits per heavy atom. The number of halogens is 3. The van der Waals surface area contributed by atoms with E-state index in [-0.39, 0.29) is 11.4 Å². The number of ketones is 1. The van der Waals surface area contributed by atoms with Crippen LogP contribution in [0.15, 0.2) is 12.2 Å². The van der Waals surface area contributed by atoms with Crippen LogP contribution in [0.5, 0.6) is 0 Å². The minimum absolute atomic E-state index is 0.259. The van der Waals surface area contributed by atoms with E-state index in [0.29, 0.717) is 25.7 Å². The lowest BCUT2D eigenvalue weighted by molar-refractivity contribution is -0.156. The molecule has 0 spiro atoms. The highest BCUT2D eigenvalue weighted by atomic mass is 19.4. The number of hydrogen-bond acceptors (Lipinski definition) is 2. The lowest BCUT2D eigenvalue weighted by Gasteiger charge is -2.37. The van der Waals surface area contributed by atoms with Crippen LogP contribution in [0, 0.1) is 0 Å². The molecular formula is C13H18F3NO2. The van der Waals surface area contributed by atoms with Crippen LogP contribution in [0.2, 0.25) is 0 Å². The number of Topliss-reactive ketones (excluding diaryl/α,β-unsaturated/α-hetero) is 1. The Bertz CT molecular complexity index is 382. The van der Waals surface area contributed by atoms with E-state index in [1.54, 1.807) is 0 Å². The lowest BCUT2D eigenvalue weighted by Crippen LogP contribution is -2.56. The molecule has 1 N–H and O–H groups in total. The summed E-state index contributed by atoms with van der Waals surface area (Å²) in [6.07, 6.45) is -3.02. The molecule has 0 aromatic rings. The molecule has 108 valence electrons. The third kappa shape index (κ3) is 4.36. The predicted molar refractivity (Wildman–Crippen MR) is 64.5 cm³/mol. The van der Waals surface area contributed by atoms with Gasteiger partial charge < -0.3 is 5.32 Å². The maximum absolute atomic E-state index is 12.2. The van der Waals surface area contributed by atoms with Crippen molar-refractivity contribution in [3.05, 3.63) is 12.2 Å². The molecule has 1 aliphatic carbocycles. The molecule has 3 nitrogen and oxygen atoms in total. The first kappa shape index (κ1) is 15.7. The smallest absolute Gasteiger partial charge is 0.343 e. The van der Waals surface area contributed by atoms with Crippen LogP contribution < -0.4 is 5.32 Å². The number of nitrogens with one attached hydrogen (secondary N) is 1. The number of hydrogen-bond donors (Lipinski definition) is 1. The van der Waals surface area contributed by atoms with Gasteiger partial charge in [-0.05, 0) is 25.3 Å². The van der Waals surface area contributed by atoms with Gasteiger partial charge in [0.25, 0.3) is 0 Å². The van der Waals surface area contributed by atoms with Crippen molar-refractivity contribution >= 4 is 11.7 Å². The Kier molecular flexibility index (Phi) is 4.76. The molecule has 1 rings (SSSR count). The first-order valence-corrected chi connectivity index (χ1v) is 6.24. The Labute approximate surface area is 110 Å². The Balaban J connectivity index is 2.84. The van der Waals surface area contributed by atoms with Crippen molar-refractivity contribution in [3.8, 4) is 0 Å². The fourth-order valence-electron chi connectivity index (χ4n) is 2.47. The second-order valence-electron chi connectivity index (χ2n) is 5.09. The van der Waals surface area contributed by atoms with Crippen LogP contribution in [0.1, 0.15) is 45.4 Å². The molecule has 1 aliphatic rings. The van der Waals surface area contributed by atoms with Gasteiger partial charge in [0.1, 0.15) is 12.0 Å². The predicted octanol–water partition coefficient (Wildman–Crippen LogP) is 2.90. The van der Waals surface area contributed by atoms with Gasteiger partial charge in [-0.2, -0.15) is 13.2 Å². The molecule has 0 unspecified atom stereocenters. The fraction of sp³-hybridized carbons (Fsp3) is 0.692. The molecule has 1 amide bonds. The number of rotatable bonds is 4. The van der Waals surface area contributed by atoms with Gasteiger partial charge >= 0.3 is 6.18 Å². The third-order valence-corrected chi connectivity index (χ3v) is 3.27. The molecule has 19 heavy (non-hydrogen) atoms. The van der Waals surface area contributed by atoms with Gasteiger partial charge in [-0.15, -0.1) is 0 Å². The summed E-state index contributed by atoms with van der Waals surface area (Å²) >= 11 is 0. The summed E-state index contributed by atoms with van der Waals surface area (Å²) in [5, 5.41) is 2.30. The standard InChI is InChI=1S/C13H18F3NO2/c1-9(2)11(19)12(6-4-3-5-7-12)17-10(18)8-13(14,15)16/h1,3-8H2,2H3,(H,17,18). The molecule has 0 heterocycles. The van der Waals surface area contributed by atoms with Gasteiger partial charge in [0.2, 0.25) is 5.91 Å². The van der Waals surface area contributed by atoms with Crippen LogP contribution in [0.25, 0.3) is 0 Å². The van der Waals surface area contributed by atoms with Crippen molar-refractivity contribution < 1.29 is 22.8 Å². The van der Waals surface area contributed by atoms with Crippen LogP contribution in [-0.2, 0) is 9.59 Å². The quantitative estimate of drug-likeness (QED) is 0.803. The second-order valence-corrected chi connectivity index (χ2v) is 5.09. The molecule has 0 saturated heterocycles. The highest BCUT2D eigenvalue weighted by molar-refractivity contribution is 6.03. The topological polar surface area (TPSA) is 46.2 Å². The average Bonchev–Trinajstić information content (AvgIpc) is 2.26.